The minimum Gasteiger partial charge on any atom is -0.399 e. The Bertz CT molecular complexity index is 589. The molecule has 0 saturated carbocycles. The Hall–Kier alpha value is -1.39. The molecule has 1 N–H and O–H groups in total. The van der Waals surface area contributed by atoms with E-state index < -0.39 is 13.9 Å². The predicted octanol–water partition coefficient (Wildman–Crippen LogP) is 4.82. The number of amides is 1. The van der Waals surface area contributed by atoms with Crippen molar-refractivity contribution in [2.24, 2.45) is 0 Å². The second kappa shape index (κ2) is 5.67. The molecule has 0 fully saturated rings. The van der Waals surface area contributed by atoms with Crippen LogP contribution in [0.2, 0.25) is 18.1 Å². The smallest absolute Gasteiger partial charge is 0.260 e. The summed E-state index contributed by atoms with van der Waals surface area (Å²) < 4.78 is 6.67. The average Bonchev–Trinajstić information content (AvgIpc) is 2.68. The van der Waals surface area contributed by atoms with Crippen LogP contribution in [0.25, 0.3) is 0 Å². The number of benzene rings is 1. The third kappa shape index (κ3) is 2.77. The largest absolute Gasteiger partial charge is 0.399 e. The van der Waals surface area contributed by atoms with E-state index in [4.69, 9.17) is 4.43 Å². The van der Waals surface area contributed by atoms with Crippen molar-refractivity contribution in [3.63, 3.8) is 0 Å². The summed E-state index contributed by atoms with van der Waals surface area (Å²) >= 11 is 0. The Morgan fingerprint density at radius 3 is 2.55 bits per heavy atom. The van der Waals surface area contributed by atoms with Crippen LogP contribution in [0.3, 0.4) is 0 Å². The molecule has 1 aliphatic heterocycles. The number of anilines is 1. The summed E-state index contributed by atoms with van der Waals surface area (Å²) in [5.74, 6) is -0.0413. The SMILES string of the molecule is C=CCCC1(O[Si](C)(C)C(C)(C)C)C(=O)Nc2ccccc21. The third-order valence-corrected chi connectivity index (χ3v) is 9.38. The molecule has 2 rings (SSSR count). The molecule has 1 aromatic rings. The van der Waals surface area contributed by atoms with E-state index in [1.165, 1.54) is 0 Å². The van der Waals surface area contributed by atoms with Crippen LogP contribution < -0.4 is 5.32 Å². The van der Waals surface area contributed by atoms with Crippen LogP contribution in [0.4, 0.5) is 5.69 Å². The number of allylic oxidation sites excluding steroid dienone is 1. The number of nitrogens with one attached hydrogen (secondary N) is 1. The van der Waals surface area contributed by atoms with Gasteiger partial charge in [-0.3, -0.25) is 4.79 Å². The van der Waals surface area contributed by atoms with E-state index in [-0.39, 0.29) is 10.9 Å². The summed E-state index contributed by atoms with van der Waals surface area (Å²) in [7, 11) is -2.10. The standard InChI is InChI=1S/C18H27NO2Si/c1-7-8-13-18(21-22(5,6)17(2,3)4)14-11-9-10-12-15(14)19-16(18)20/h7,9-12H,1,8,13H2,2-6H3,(H,19,20). The fourth-order valence-electron chi connectivity index (χ4n) is 2.58. The minimum atomic E-state index is -2.10. The van der Waals surface area contributed by atoms with Gasteiger partial charge in [0.1, 0.15) is 0 Å². The van der Waals surface area contributed by atoms with Crippen molar-refractivity contribution >= 4 is 19.9 Å². The molecule has 1 atom stereocenters. The number of carbonyl (C=O) groups is 1. The number of carbonyl (C=O) groups excluding carboxylic acids is 1. The summed E-state index contributed by atoms with van der Waals surface area (Å²) in [6.07, 6.45) is 3.23. The van der Waals surface area contributed by atoms with Crippen molar-refractivity contribution in [1.29, 1.82) is 0 Å². The molecule has 0 aliphatic carbocycles. The predicted molar refractivity (Wildman–Crippen MR) is 94.5 cm³/mol. The molecule has 0 bridgehead atoms. The lowest BCUT2D eigenvalue weighted by Gasteiger charge is -2.43. The van der Waals surface area contributed by atoms with Gasteiger partial charge < -0.3 is 9.74 Å². The van der Waals surface area contributed by atoms with E-state index >= 15 is 0 Å². The van der Waals surface area contributed by atoms with Gasteiger partial charge in [-0.25, -0.2) is 0 Å². The van der Waals surface area contributed by atoms with E-state index in [1.54, 1.807) is 0 Å². The van der Waals surface area contributed by atoms with E-state index in [0.717, 1.165) is 17.7 Å². The minimum absolute atomic E-state index is 0.0413. The van der Waals surface area contributed by atoms with Gasteiger partial charge in [0.05, 0.1) is 0 Å². The first-order chi connectivity index (χ1) is 10.1. The van der Waals surface area contributed by atoms with E-state index in [9.17, 15) is 4.79 Å². The van der Waals surface area contributed by atoms with Gasteiger partial charge in [-0.2, -0.15) is 0 Å². The molecule has 120 valence electrons. The third-order valence-electron chi connectivity index (χ3n) is 4.91. The molecule has 0 spiro atoms. The molecular weight excluding hydrogens is 290 g/mol. The molecule has 3 nitrogen and oxygen atoms in total. The zero-order valence-electron chi connectivity index (χ0n) is 14.3. The molecule has 0 saturated heterocycles. The molecule has 1 unspecified atom stereocenters. The van der Waals surface area contributed by atoms with Crippen LogP contribution in [-0.2, 0) is 14.8 Å². The second-order valence-corrected chi connectivity index (χ2v) is 12.2. The first-order valence-corrected chi connectivity index (χ1v) is 10.8. The van der Waals surface area contributed by atoms with Gasteiger partial charge >= 0.3 is 0 Å². The fraction of sp³-hybridized carbons (Fsp3) is 0.500. The molecule has 4 heteroatoms. The van der Waals surface area contributed by atoms with Gasteiger partial charge in [-0.15, -0.1) is 6.58 Å². The molecule has 0 radical (unpaired) electrons. The molecule has 1 aliphatic rings. The monoisotopic (exact) mass is 317 g/mol. The Morgan fingerprint density at radius 2 is 1.95 bits per heavy atom. The van der Waals surface area contributed by atoms with Crippen molar-refractivity contribution in [3.8, 4) is 0 Å². The van der Waals surface area contributed by atoms with Gasteiger partial charge in [0.25, 0.3) is 5.91 Å². The Kier molecular flexibility index (Phi) is 4.37. The lowest BCUT2D eigenvalue weighted by molar-refractivity contribution is -0.132. The normalized spacial score (nSPS) is 21.4. The first-order valence-electron chi connectivity index (χ1n) is 7.86. The van der Waals surface area contributed by atoms with Crippen molar-refractivity contribution in [3.05, 3.63) is 42.5 Å². The summed E-state index contributed by atoms with van der Waals surface area (Å²) in [5, 5.41) is 3.04. The maximum absolute atomic E-state index is 12.8. The number of hydrogen-bond acceptors (Lipinski definition) is 2. The zero-order valence-corrected chi connectivity index (χ0v) is 15.3. The molecular formula is C18H27NO2Si. The van der Waals surface area contributed by atoms with Gasteiger partial charge in [-0.1, -0.05) is 45.0 Å². The van der Waals surface area contributed by atoms with Crippen LogP contribution in [0.15, 0.2) is 36.9 Å². The van der Waals surface area contributed by atoms with Crippen LogP contribution in [0.5, 0.6) is 0 Å². The number of para-hydroxylation sites is 1. The lowest BCUT2D eigenvalue weighted by atomic mass is 9.90. The highest BCUT2D eigenvalue weighted by molar-refractivity contribution is 6.74. The summed E-state index contributed by atoms with van der Waals surface area (Å²) in [5.41, 5.74) is 0.954. The average molecular weight is 318 g/mol. The molecule has 1 aromatic carbocycles. The van der Waals surface area contributed by atoms with E-state index in [2.05, 4.69) is 45.8 Å². The van der Waals surface area contributed by atoms with Crippen LogP contribution in [-0.4, -0.2) is 14.2 Å². The Labute approximate surface area is 134 Å². The molecule has 1 amide bonds. The van der Waals surface area contributed by atoms with Crippen LogP contribution in [0, 0.1) is 0 Å². The Balaban J connectivity index is 2.50. The topological polar surface area (TPSA) is 38.3 Å². The number of rotatable bonds is 5. The molecule has 0 aromatic heterocycles. The van der Waals surface area contributed by atoms with E-state index in [1.807, 2.05) is 30.3 Å². The highest BCUT2D eigenvalue weighted by atomic mass is 28.4. The molecule has 1 heterocycles. The quantitative estimate of drug-likeness (QED) is 0.624. The van der Waals surface area contributed by atoms with Crippen molar-refractivity contribution in [2.75, 3.05) is 5.32 Å². The second-order valence-electron chi connectivity index (χ2n) is 7.52. The van der Waals surface area contributed by atoms with Crippen LogP contribution >= 0.6 is 0 Å². The van der Waals surface area contributed by atoms with Gasteiger partial charge in [0.2, 0.25) is 0 Å². The highest BCUT2D eigenvalue weighted by Gasteiger charge is 2.53. The Morgan fingerprint density at radius 1 is 1.32 bits per heavy atom. The maximum Gasteiger partial charge on any atom is 0.260 e. The van der Waals surface area contributed by atoms with Gasteiger partial charge in [0.15, 0.2) is 13.9 Å². The maximum atomic E-state index is 12.8. The zero-order chi connectivity index (χ0) is 16.6. The lowest BCUT2D eigenvalue weighted by Crippen LogP contribution is -2.51. The highest BCUT2D eigenvalue weighted by Crippen LogP contribution is 2.48. The summed E-state index contributed by atoms with van der Waals surface area (Å²) in [4.78, 5) is 12.8. The first kappa shape index (κ1) is 17.0. The number of fused-ring (bicyclic) bond motifs is 1. The molecule has 22 heavy (non-hydrogen) atoms. The van der Waals surface area contributed by atoms with Gasteiger partial charge in [0, 0.05) is 11.3 Å². The summed E-state index contributed by atoms with van der Waals surface area (Å²) in [6.45, 7) is 14.8. The van der Waals surface area contributed by atoms with E-state index in [0.29, 0.717) is 6.42 Å². The van der Waals surface area contributed by atoms with Crippen molar-refractivity contribution in [1.82, 2.24) is 0 Å². The summed E-state index contributed by atoms with van der Waals surface area (Å²) in [6, 6.07) is 7.85. The van der Waals surface area contributed by atoms with Crippen molar-refractivity contribution in [2.45, 2.75) is 57.3 Å². The van der Waals surface area contributed by atoms with Crippen molar-refractivity contribution < 1.29 is 9.22 Å². The fourth-order valence-corrected chi connectivity index (χ4v) is 4.07. The van der Waals surface area contributed by atoms with Crippen LogP contribution in [0.1, 0.15) is 39.2 Å². The number of hydrogen-bond donors (Lipinski definition) is 1. The van der Waals surface area contributed by atoms with Gasteiger partial charge in [-0.05, 0) is 37.0 Å².